The van der Waals surface area contributed by atoms with Crippen LogP contribution in [0.2, 0.25) is 0 Å². The lowest BCUT2D eigenvalue weighted by Crippen LogP contribution is -1.98. The normalized spacial score (nSPS) is 10.1. The van der Waals surface area contributed by atoms with Crippen LogP contribution in [0.4, 0.5) is 0 Å². The summed E-state index contributed by atoms with van der Waals surface area (Å²) in [4.78, 5) is 0. The molecule has 0 spiro atoms. The second-order valence-corrected chi connectivity index (χ2v) is 3.46. The average molecular weight is 210 g/mol. The number of rotatable bonds is 5. The van der Waals surface area contributed by atoms with E-state index in [1.54, 1.807) is 14.2 Å². The third-order valence-electron chi connectivity index (χ3n) is 2.37. The fourth-order valence-corrected chi connectivity index (χ4v) is 1.68. The zero-order valence-corrected chi connectivity index (χ0v) is 9.54. The van der Waals surface area contributed by atoms with Gasteiger partial charge in [-0.2, -0.15) is 0 Å². The Morgan fingerprint density at radius 3 is 2.47 bits per heavy atom. The molecular weight excluding hydrogens is 192 g/mol. The monoisotopic (exact) mass is 210 g/mol. The Kier molecular flexibility index (Phi) is 4.43. The van der Waals surface area contributed by atoms with Gasteiger partial charge in [-0.15, -0.1) is 0 Å². The molecule has 0 amide bonds. The van der Waals surface area contributed by atoms with E-state index >= 15 is 0 Å². The maximum absolute atomic E-state index is 8.81. The highest BCUT2D eigenvalue weighted by atomic mass is 16.5. The molecule has 0 saturated heterocycles. The minimum Gasteiger partial charge on any atom is -0.497 e. The molecule has 15 heavy (non-hydrogen) atoms. The van der Waals surface area contributed by atoms with E-state index in [1.807, 2.05) is 19.1 Å². The summed E-state index contributed by atoms with van der Waals surface area (Å²) in [6, 6.07) is 3.91. The van der Waals surface area contributed by atoms with Gasteiger partial charge in [-0.05, 0) is 43.0 Å². The summed E-state index contributed by atoms with van der Waals surface area (Å²) in [6.45, 7) is 2.18. The highest BCUT2D eigenvalue weighted by Crippen LogP contribution is 2.29. The Balaban J connectivity index is 3.02. The van der Waals surface area contributed by atoms with Crippen LogP contribution in [0.3, 0.4) is 0 Å². The van der Waals surface area contributed by atoms with Crippen LogP contribution in [0.5, 0.6) is 11.5 Å². The predicted molar refractivity (Wildman–Crippen MR) is 59.7 cm³/mol. The zero-order chi connectivity index (χ0) is 11.3. The Morgan fingerprint density at radius 1 is 1.20 bits per heavy atom. The molecule has 0 aliphatic carbocycles. The quantitative estimate of drug-likeness (QED) is 0.807. The van der Waals surface area contributed by atoms with Crippen molar-refractivity contribution in [3.8, 4) is 11.5 Å². The van der Waals surface area contributed by atoms with Gasteiger partial charge in [-0.25, -0.2) is 0 Å². The van der Waals surface area contributed by atoms with E-state index in [-0.39, 0.29) is 6.61 Å². The Bertz CT molecular complexity index is 321. The Morgan fingerprint density at radius 2 is 1.93 bits per heavy atom. The fraction of sp³-hybridized carbons (Fsp3) is 0.500. The minimum atomic E-state index is 0.194. The van der Waals surface area contributed by atoms with Gasteiger partial charge in [0, 0.05) is 6.61 Å². The Labute approximate surface area is 90.6 Å². The number of aryl methyl sites for hydroxylation is 2. The van der Waals surface area contributed by atoms with Crippen molar-refractivity contribution in [2.75, 3.05) is 20.8 Å². The van der Waals surface area contributed by atoms with E-state index in [1.165, 1.54) is 0 Å². The van der Waals surface area contributed by atoms with Crippen molar-refractivity contribution >= 4 is 0 Å². The molecule has 1 rings (SSSR count). The van der Waals surface area contributed by atoms with Crippen LogP contribution in [0.15, 0.2) is 12.1 Å². The summed E-state index contributed by atoms with van der Waals surface area (Å²) in [5, 5.41) is 8.81. The second kappa shape index (κ2) is 5.61. The number of hydrogen-bond donors (Lipinski definition) is 1. The molecular formula is C12H18O3. The summed E-state index contributed by atoms with van der Waals surface area (Å²) >= 11 is 0. The molecule has 84 valence electrons. The van der Waals surface area contributed by atoms with Crippen LogP contribution in [0.1, 0.15) is 17.5 Å². The first-order valence-corrected chi connectivity index (χ1v) is 5.05. The SMILES string of the molecule is COc1cc(C)c(OC)c(CCCO)c1. The second-order valence-electron chi connectivity index (χ2n) is 3.46. The van der Waals surface area contributed by atoms with Crippen molar-refractivity contribution in [3.63, 3.8) is 0 Å². The number of benzene rings is 1. The lowest BCUT2D eigenvalue weighted by Gasteiger charge is -2.13. The van der Waals surface area contributed by atoms with Crippen LogP contribution in [0, 0.1) is 6.92 Å². The first kappa shape index (κ1) is 11.9. The smallest absolute Gasteiger partial charge is 0.125 e. The first-order valence-electron chi connectivity index (χ1n) is 5.05. The number of hydrogen-bond acceptors (Lipinski definition) is 3. The van der Waals surface area contributed by atoms with E-state index < -0.39 is 0 Å². The van der Waals surface area contributed by atoms with Crippen molar-refractivity contribution in [3.05, 3.63) is 23.3 Å². The summed E-state index contributed by atoms with van der Waals surface area (Å²) in [5.41, 5.74) is 2.15. The first-order chi connectivity index (χ1) is 7.22. The molecule has 0 aromatic heterocycles. The maximum atomic E-state index is 8.81. The molecule has 0 radical (unpaired) electrons. The van der Waals surface area contributed by atoms with Crippen LogP contribution < -0.4 is 9.47 Å². The molecule has 1 aromatic carbocycles. The number of ether oxygens (including phenoxy) is 2. The number of aliphatic hydroxyl groups is 1. The van der Waals surface area contributed by atoms with E-state index in [4.69, 9.17) is 14.6 Å². The largest absolute Gasteiger partial charge is 0.497 e. The topological polar surface area (TPSA) is 38.7 Å². The minimum absolute atomic E-state index is 0.194. The van der Waals surface area contributed by atoms with Gasteiger partial charge in [0.1, 0.15) is 11.5 Å². The molecule has 3 nitrogen and oxygen atoms in total. The summed E-state index contributed by atoms with van der Waals surface area (Å²) in [7, 11) is 3.31. The van der Waals surface area contributed by atoms with Crippen molar-refractivity contribution < 1.29 is 14.6 Å². The highest BCUT2D eigenvalue weighted by Gasteiger charge is 2.08. The van der Waals surface area contributed by atoms with Crippen LogP contribution in [-0.2, 0) is 6.42 Å². The van der Waals surface area contributed by atoms with E-state index in [9.17, 15) is 0 Å². The average Bonchev–Trinajstić information content (AvgIpc) is 2.25. The van der Waals surface area contributed by atoms with Crippen molar-refractivity contribution in [2.45, 2.75) is 19.8 Å². The summed E-state index contributed by atoms with van der Waals surface area (Å²) in [6.07, 6.45) is 1.54. The molecule has 0 saturated carbocycles. The van der Waals surface area contributed by atoms with Gasteiger partial charge < -0.3 is 14.6 Å². The third-order valence-corrected chi connectivity index (χ3v) is 2.37. The third kappa shape index (κ3) is 2.86. The molecule has 3 heteroatoms. The summed E-state index contributed by atoms with van der Waals surface area (Å²) in [5.74, 6) is 1.73. The van der Waals surface area contributed by atoms with E-state index in [0.717, 1.165) is 35.5 Å². The summed E-state index contributed by atoms with van der Waals surface area (Å²) < 4.78 is 10.5. The van der Waals surface area contributed by atoms with Crippen LogP contribution in [0.25, 0.3) is 0 Å². The molecule has 0 fully saturated rings. The van der Waals surface area contributed by atoms with Gasteiger partial charge in [0.15, 0.2) is 0 Å². The lowest BCUT2D eigenvalue weighted by molar-refractivity contribution is 0.287. The van der Waals surface area contributed by atoms with Gasteiger partial charge in [-0.3, -0.25) is 0 Å². The van der Waals surface area contributed by atoms with Crippen LogP contribution in [-0.4, -0.2) is 25.9 Å². The fourth-order valence-electron chi connectivity index (χ4n) is 1.68. The molecule has 0 bridgehead atoms. The molecule has 0 unspecified atom stereocenters. The van der Waals surface area contributed by atoms with Crippen molar-refractivity contribution in [1.82, 2.24) is 0 Å². The van der Waals surface area contributed by atoms with Crippen LogP contribution >= 0.6 is 0 Å². The van der Waals surface area contributed by atoms with Crippen molar-refractivity contribution in [2.24, 2.45) is 0 Å². The van der Waals surface area contributed by atoms with Crippen molar-refractivity contribution in [1.29, 1.82) is 0 Å². The van der Waals surface area contributed by atoms with E-state index in [2.05, 4.69) is 0 Å². The standard InChI is InChI=1S/C12H18O3/c1-9-7-11(14-2)8-10(5-4-6-13)12(9)15-3/h7-8,13H,4-6H2,1-3H3. The lowest BCUT2D eigenvalue weighted by atomic mass is 10.0. The molecule has 1 N–H and O–H groups in total. The van der Waals surface area contributed by atoms with Gasteiger partial charge in [-0.1, -0.05) is 0 Å². The maximum Gasteiger partial charge on any atom is 0.125 e. The van der Waals surface area contributed by atoms with E-state index in [0.29, 0.717) is 0 Å². The molecule has 0 heterocycles. The highest BCUT2D eigenvalue weighted by molar-refractivity contribution is 5.46. The molecule has 0 aliphatic heterocycles. The molecule has 1 aromatic rings. The Hall–Kier alpha value is -1.22. The van der Waals surface area contributed by atoms with Gasteiger partial charge in [0.25, 0.3) is 0 Å². The van der Waals surface area contributed by atoms with Gasteiger partial charge in [0.05, 0.1) is 14.2 Å². The molecule has 0 aliphatic rings. The predicted octanol–water partition coefficient (Wildman–Crippen LogP) is 1.94. The zero-order valence-electron chi connectivity index (χ0n) is 9.54. The number of aliphatic hydroxyl groups excluding tert-OH is 1. The number of methoxy groups -OCH3 is 2. The molecule has 0 atom stereocenters. The van der Waals surface area contributed by atoms with Gasteiger partial charge in [0.2, 0.25) is 0 Å². The van der Waals surface area contributed by atoms with Gasteiger partial charge >= 0.3 is 0 Å².